The molecular weight excluding hydrogens is 132 g/mol. The average molecular weight is 144 g/mol. The number of carbonyl (C=O) groups excluding carboxylic acids is 2. The molecule has 0 saturated carbocycles. The molecule has 0 aliphatic carbocycles. The molecule has 0 aromatic rings. The van der Waals surface area contributed by atoms with Gasteiger partial charge in [-0.15, -0.1) is 0 Å². The number of nitrogens with one attached hydrogen (secondary N) is 1. The Hall–Kier alpha value is -0.900. The van der Waals surface area contributed by atoms with Crippen LogP contribution in [-0.4, -0.2) is 25.3 Å². The maximum Gasteiger partial charge on any atom is 0.217 e. The first-order valence-electron chi connectivity index (χ1n) is 3.11. The Bertz CT molecular complexity index is 125. The van der Waals surface area contributed by atoms with E-state index in [1.54, 1.807) is 7.05 Å². The second-order valence-electron chi connectivity index (χ2n) is 2.04. The molecule has 3 N–H and O–H groups in total. The van der Waals surface area contributed by atoms with Gasteiger partial charge in [0.2, 0.25) is 5.91 Å². The molecule has 0 radical (unpaired) electrons. The minimum Gasteiger partial charge on any atom is -0.370 e. The zero-order valence-electron chi connectivity index (χ0n) is 5.96. The van der Waals surface area contributed by atoms with Crippen LogP contribution in [0.2, 0.25) is 0 Å². The van der Waals surface area contributed by atoms with Crippen LogP contribution in [0.15, 0.2) is 0 Å². The van der Waals surface area contributed by atoms with Crippen molar-refractivity contribution in [2.75, 3.05) is 7.05 Å². The summed E-state index contributed by atoms with van der Waals surface area (Å²) in [6, 6.07) is -0.243. The molecule has 4 heteroatoms. The molecule has 0 spiro atoms. The molecule has 0 aromatic carbocycles. The van der Waals surface area contributed by atoms with Crippen LogP contribution in [-0.2, 0) is 9.59 Å². The molecule has 0 aliphatic rings. The molecule has 1 amide bonds. The van der Waals surface area contributed by atoms with Crippen LogP contribution in [0.4, 0.5) is 0 Å². The fourth-order valence-corrected chi connectivity index (χ4v) is 0.578. The van der Waals surface area contributed by atoms with Crippen molar-refractivity contribution in [3.63, 3.8) is 0 Å². The van der Waals surface area contributed by atoms with Crippen molar-refractivity contribution >= 4 is 12.2 Å². The van der Waals surface area contributed by atoms with Gasteiger partial charge in [-0.25, -0.2) is 0 Å². The van der Waals surface area contributed by atoms with E-state index in [9.17, 15) is 9.59 Å². The van der Waals surface area contributed by atoms with Gasteiger partial charge in [-0.05, 0) is 13.5 Å². The highest BCUT2D eigenvalue weighted by molar-refractivity contribution is 5.74. The van der Waals surface area contributed by atoms with Crippen molar-refractivity contribution < 1.29 is 9.59 Å². The smallest absolute Gasteiger partial charge is 0.217 e. The summed E-state index contributed by atoms with van der Waals surface area (Å²) < 4.78 is 0. The van der Waals surface area contributed by atoms with Crippen molar-refractivity contribution in [3.8, 4) is 0 Å². The van der Waals surface area contributed by atoms with Crippen LogP contribution in [0.3, 0.4) is 0 Å². The lowest BCUT2D eigenvalue weighted by Gasteiger charge is -2.05. The molecule has 0 saturated heterocycles. The summed E-state index contributed by atoms with van der Waals surface area (Å²) in [5, 5.41) is 2.73. The first-order valence-corrected chi connectivity index (χ1v) is 3.11. The first kappa shape index (κ1) is 9.10. The number of likely N-dealkylation sites (N-methyl/N-ethyl adjacent to an activating group) is 1. The monoisotopic (exact) mass is 144 g/mol. The molecule has 0 unspecified atom stereocenters. The minimum atomic E-state index is -0.373. The Morgan fingerprint density at radius 2 is 2.40 bits per heavy atom. The highest BCUT2D eigenvalue weighted by Crippen LogP contribution is 1.91. The van der Waals surface area contributed by atoms with Crippen LogP contribution in [0.5, 0.6) is 0 Å². The lowest BCUT2D eigenvalue weighted by Crippen LogP contribution is -2.28. The topological polar surface area (TPSA) is 72.2 Å². The molecule has 0 bridgehead atoms. The quantitative estimate of drug-likeness (QED) is 0.488. The third kappa shape index (κ3) is 4.03. The third-order valence-corrected chi connectivity index (χ3v) is 1.24. The summed E-state index contributed by atoms with van der Waals surface area (Å²) in [4.78, 5) is 20.3. The predicted molar refractivity (Wildman–Crippen MR) is 37.3 cm³/mol. The number of rotatable bonds is 5. The van der Waals surface area contributed by atoms with E-state index in [4.69, 9.17) is 5.73 Å². The molecule has 0 aromatic heterocycles. The maximum atomic E-state index is 10.2. The Labute approximate surface area is 59.8 Å². The van der Waals surface area contributed by atoms with E-state index in [2.05, 4.69) is 5.32 Å². The van der Waals surface area contributed by atoms with Crippen molar-refractivity contribution in [1.82, 2.24) is 5.32 Å². The highest BCUT2D eigenvalue weighted by atomic mass is 16.1. The number of nitrogens with two attached hydrogens (primary N) is 1. The summed E-state index contributed by atoms with van der Waals surface area (Å²) in [7, 11) is 1.67. The Balaban J connectivity index is 3.44. The van der Waals surface area contributed by atoms with E-state index in [1.165, 1.54) is 0 Å². The third-order valence-electron chi connectivity index (χ3n) is 1.24. The molecule has 0 heterocycles. The van der Waals surface area contributed by atoms with Crippen molar-refractivity contribution in [1.29, 1.82) is 0 Å². The van der Waals surface area contributed by atoms with E-state index in [-0.39, 0.29) is 18.4 Å². The van der Waals surface area contributed by atoms with Gasteiger partial charge in [0.15, 0.2) is 0 Å². The second-order valence-corrected chi connectivity index (χ2v) is 2.04. The van der Waals surface area contributed by atoms with E-state index in [0.29, 0.717) is 6.42 Å². The highest BCUT2D eigenvalue weighted by Gasteiger charge is 2.04. The molecule has 0 fully saturated rings. The fourth-order valence-electron chi connectivity index (χ4n) is 0.578. The van der Waals surface area contributed by atoms with Crippen molar-refractivity contribution in [3.05, 3.63) is 0 Å². The Morgan fingerprint density at radius 3 is 2.70 bits per heavy atom. The number of carbonyl (C=O) groups is 2. The molecule has 0 aliphatic heterocycles. The number of primary amides is 1. The van der Waals surface area contributed by atoms with Crippen LogP contribution in [0, 0.1) is 0 Å². The van der Waals surface area contributed by atoms with E-state index < -0.39 is 0 Å². The Morgan fingerprint density at radius 1 is 1.80 bits per heavy atom. The van der Waals surface area contributed by atoms with Gasteiger partial charge < -0.3 is 15.8 Å². The van der Waals surface area contributed by atoms with Crippen LogP contribution in [0.1, 0.15) is 12.8 Å². The molecule has 1 atom stereocenters. The largest absolute Gasteiger partial charge is 0.370 e. The summed E-state index contributed by atoms with van der Waals surface area (Å²) in [5.41, 5.74) is 4.87. The van der Waals surface area contributed by atoms with Gasteiger partial charge in [-0.2, -0.15) is 0 Å². The zero-order valence-corrected chi connectivity index (χ0v) is 5.96. The summed E-state index contributed by atoms with van der Waals surface area (Å²) in [6.07, 6.45) is 1.50. The number of amides is 1. The zero-order chi connectivity index (χ0) is 7.98. The predicted octanol–water partition coefficient (Wildman–Crippen LogP) is -0.961. The van der Waals surface area contributed by atoms with Gasteiger partial charge in [0.1, 0.15) is 6.29 Å². The van der Waals surface area contributed by atoms with Crippen molar-refractivity contribution in [2.45, 2.75) is 18.9 Å². The maximum absolute atomic E-state index is 10.2. The van der Waals surface area contributed by atoms with E-state index in [0.717, 1.165) is 6.29 Å². The van der Waals surface area contributed by atoms with Crippen LogP contribution < -0.4 is 11.1 Å². The van der Waals surface area contributed by atoms with Gasteiger partial charge in [0.05, 0.1) is 6.04 Å². The fraction of sp³-hybridized carbons (Fsp3) is 0.667. The average Bonchev–Trinajstić information content (AvgIpc) is 1.90. The van der Waals surface area contributed by atoms with Crippen LogP contribution >= 0.6 is 0 Å². The van der Waals surface area contributed by atoms with Gasteiger partial charge in [-0.3, -0.25) is 4.79 Å². The lowest BCUT2D eigenvalue weighted by atomic mass is 10.2. The number of aldehydes is 1. The van der Waals surface area contributed by atoms with Crippen LogP contribution in [0.25, 0.3) is 0 Å². The summed E-state index contributed by atoms with van der Waals surface area (Å²) >= 11 is 0. The molecule has 4 nitrogen and oxygen atoms in total. The van der Waals surface area contributed by atoms with E-state index in [1.807, 2.05) is 0 Å². The summed E-state index contributed by atoms with van der Waals surface area (Å²) in [6.45, 7) is 0. The van der Waals surface area contributed by atoms with Gasteiger partial charge in [0.25, 0.3) is 0 Å². The first-order chi connectivity index (χ1) is 4.70. The second kappa shape index (κ2) is 4.93. The van der Waals surface area contributed by atoms with Gasteiger partial charge in [-0.1, -0.05) is 0 Å². The molecule has 58 valence electrons. The van der Waals surface area contributed by atoms with E-state index >= 15 is 0 Å². The summed E-state index contributed by atoms with van der Waals surface area (Å²) in [5.74, 6) is -0.373. The lowest BCUT2D eigenvalue weighted by molar-refractivity contribution is -0.118. The van der Waals surface area contributed by atoms with Gasteiger partial charge >= 0.3 is 0 Å². The minimum absolute atomic E-state index is 0.243. The molecule has 10 heavy (non-hydrogen) atoms. The Kier molecular flexibility index (Phi) is 4.49. The number of hydrogen-bond donors (Lipinski definition) is 2. The molecular formula is C6H12N2O2. The standard InChI is InChI=1S/C6H12N2O2/c1-8-5(4-9)2-3-6(7)10/h4-5,8H,2-3H2,1H3,(H2,7,10)/t5-/m0/s1. The molecule has 0 rings (SSSR count). The van der Waals surface area contributed by atoms with Gasteiger partial charge in [0, 0.05) is 6.42 Å². The number of hydrogen-bond acceptors (Lipinski definition) is 3. The van der Waals surface area contributed by atoms with Crippen molar-refractivity contribution in [2.24, 2.45) is 5.73 Å². The SMILES string of the molecule is CN[C@H](C=O)CCC(N)=O. The normalized spacial score (nSPS) is 12.5.